The highest BCUT2D eigenvalue weighted by Gasteiger charge is 2.41. The average molecular weight is 364 g/mol. The Morgan fingerprint density at radius 1 is 1.33 bits per heavy atom. The summed E-state index contributed by atoms with van der Waals surface area (Å²) in [6, 6.07) is 5.89. The van der Waals surface area contributed by atoms with E-state index in [0.717, 1.165) is 0 Å². The third kappa shape index (κ3) is 4.72. The molecule has 4 N–H and O–H groups in total. The van der Waals surface area contributed by atoms with E-state index in [2.05, 4.69) is 10.1 Å². The largest absolute Gasteiger partial charge is 0.454 e. The van der Waals surface area contributed by atoms with E-state index >= 15 is 0 Å². The summed E-state index contributed by atoms with van der Waals surface area (Å²) in [5.41, 5.74) is 2.13. The molecule has 0 aliphatic rings. The third-order valence-corrected chi connectivity index (χ3v) is 3.11. The summed E-state index contributed by atoms with van der Waals surface area (Å²) < 4.78 is 42.5. The Kier molecular flexibility index (Phi) is 6.35. The first-order valence-electron chi connectivity index (χ1n) is 6.38. The number of Topliss-reactive ketones (excluding diaryl/α,β-unsaturated/α-hetero) is 1. The van der Waals surface area contributed by atoms with Gasteiger partial charge in [0.05, 0.1) is 5.02 Å². The molecule has 0 saturated carbocycles. The highest BCUT2D eigenvalue weighted by Crippen LogP contribution is 2.23. The number of hydrogen-bond donors (Lipinski definition) is 3. The van der Waals surface area contributed by atoms with Crippen molar-refractivity contribution in [3.63, 3.8) is 0 Å². The van der Waals surface area contributed by atoms with Crippen molar-refractivity contribution < 1.29 is 27.5 Å². The summed E-state index contributed by atoms with van der Waals surface area (Å²) in [6.07, 6.45) is -5.11. The Morgan fingerprint density at radius 3 is 2.42 bits per heavy atom. The minimum absolute atomic E-state index is 0.0463. The monoisotopic (exact) mass is 363 g/mol. The van der Waals surface area contributed by atoms with Gasteiger partial charge in [0.15, 0.2) is 12.3 Å². The molecule has 130 valence electrons. The molecule has 0 fully saturated rings. The van der Waals surface area contributed by atoms with E-state index in [1.807, 2.05) is 0 Å². The van der Waals surface area contributed by atoms with Crippen molar-refractivity contribution in [2.45, 2.75) is 6.18 Å². The lowest BCUT2D eigenvalue weighted by atomic mass is 10.1. The number of ketones is 1. The van der Waals surface area contributed by atoms with Crippen LogP contribution in [-0.4, -0.2) is 37.3 Å². The van der Waals surface area contributed by atoms with Crippen LogP contribution in [0.15, 0.2) is 35.7 Å². The molecule has 0 atom stereocenters. The molecule has 0 spiro atoms. The van der Waals surface area contributed by atoms with Gasteiger partial charge in [0.1, 0.15) is 11.4 Å². The maximum atomic E-state index is 12.6. The van der Waals surface area contributed by atoms with Crippen LogP contribution in [0.3, 0.4) is 0 Å². The van der Waals surface area contributed by atoms with Crippen LogP contribution in [0.25, 0.3) is 0 Å². The normalized spacial score (nSPS) is 12.2. The Bertz CT molecular complexity index is 702. The number of alkyl halides is 3. The molecule has 0 heterocycles. The molecule has 0 radical (unpaired) electrons. The van der Waals surface area contributed by atoms with E-state index in [0.29, 0.717) is 0 Å². The van der Waals surface area contributed by atoms with E-state index in [1.54, 1.807) is 6.07 Å². The van der Waals surface area contributed by atoms with E-state index < -0.39 is 41.6 Å². The lowest BCUT2D eigenvalue weighted by Crippen LogP contribution is -2.34. The summed E-state index contributed by atoms with van der Waals surface area (Å²) in [5, 5.41) is 9.28. The van der Waals surface area contributed by atoms with Gasteiger partial charge in [-0.15, -0.1) is 0 Å². The number of carbonyl (C=O) groups is 2. The number of nitrogens with two attached hydrogens (primary N) is 1. The van der Waals surface area contributed by atoms with E-state index in [1.165, 1.54) is 25.2 Å². The van der Waals surface area contributed by atoms with Crippen molar-refractivity contribution >= 4 is 29.1 Å². The second-order valence-corrected chi connectivity index (χ2v) is 4.80. The summed E-state index contributed by atoms with van der Waals surface area (Å²) in [5.74, 6) is -2.97. The molecule has 24 heavy (non-hydrogen) atoms. The second kappa shape index (κ2) is 7.82. The fraction of sp³-hybridized carbons (Fsp3) is 0.214. The molecule has 0 amide bonds. The van der Waals surface area contributed by atoms with E-state index in [9.17, 15) is 22.8 Å². The Labute approximate surface area is 139 Å². The van der Waals surface area contributed by atoms with Crippen molar-refractivity contribution in [2.24, 2.45) is 5.73 Å². The van der Waals surface area contributed by atoms with Gasteiger partial charge >= 0.3 is 12.1 Å². The van der Waals surface area contributed by atoms with Crippen molar-refractivity contribution in [3.8, 4) is 0 Å². The number of halogens is 4. The van der Waals surface area contributed by atoms with Gasteiger partial charge in [0, 0.05) is 12.6 Å². The maximum absolute atomic E-state index is 12.6. The number of esters is 1. The van der Waals surface area contributed by atoms with Crippen molar-refractivity contribution in [1.29, 1.82) is 5.41 Å². The molecule has 10 heteroatoms. The Morgan fingerprint density at radius 2 is 1.92 bits per heavy atom. The van der Waals surface area contributed by atoms with Crippen LogP contribution < -0.4 is 11.1 Å². The van der Waals surface area contributed by atoms with Gasteiger partial charge in [-0.25, -0.2) is 4.79 Å². The summed E-state index contributed by atoms with van der Waals surface area (Å²) in [7, 11) is 1.17. The number of rotatable bonds is 6. The van der Waals surface area contributed by atoms with Crippen LogP contribution in [-0.2, 0) is 9.53 Å². The molecular weight excluding hydrogens is 351 g/mol. The highest BCUT2D eigenvalue weighted by atomic mass is 35.5. The molecule has 0 unspecified atom stereocenters. The molecule has 0 aromatic heterocycles. The minimum atomic E-state index is -5.11. The van der Waals surface area contributed by atoms with E-state index in [-0.39, 0.29) is 10.6 Å². The van der Waals surface area contributed by atoms with Crippen LogP contribution in [0.2, 0.25) is 5.02 Å². The molecule has 0 aliphatic heterocycles. The minimum Gasteiger partial charge on any atom is -0.454 e. The number of benzene rings is 1. The first kappa shape index (κ1) is 19.5. The Balaban J connectivity index is 2.93. The highest BCUT2D eigenvalue weighted by molar-refractivity contribution is 6.34. The average Bonchev–Trinajstić information content (AvgIpc) is 2.52. The summed E-state index contributed by atoms with van der Waals surface area (Å²) in [4.78, 5) is 23.7. The molecule has 6 nitrogen and oxygen atoms in total. The zero-order valence-corrected chi connectivity index (χ0v) is 13.1. The maximum Gasteiger partial charge on any atom is 0.433 e. The van der Waals surface area contributed by atoms with Gasteiger partial charge in [-0.1, -0.05) is 23.7 Å². The fourth-order valence-corrected chi connectivity index (χ4v) is 1.82. The summed E-state index contributed by atoms with van der Waals surface area (Å²) >= 11 is 5.80. The quantitative estimate of drug-likeness (QED) is 0.310. The van der Waals surface area contributed by atoms with Crippen LogP contribution in [0.4, 0.5) is 13.2 Å². The second-order valence-electron chi connectivity index (χ2n) is 4.39. The lowest BCUT2D eigenvalue weighted by molar-refractivity contribution is -0.138. The molecule has 0 aliphatic carbocycles. The number of ether oxygens (including phenoxy) is 1. The molecule has 1 aromatic rings. The van der Waals surface area contributed by atoms with Gasteiger partial charge in [-0.2, -0.15) is 13.2 Å². The molecule has 0 bridgehead atoms. The smallest absolute Gasteiger partial charge is 0.433 e. The van der Waals surface area contributed by atoms with E-state index in [4.69, 9.17) is 22.7 Å². The first-order chi connectivity index (χ1) is 11.1. The van der Waals surface area contributed by atoms with Crippen LogP contribution in [0.1, 0.15) is 10.4 Å². The third-order valence-electron chi connectivity index (χ3n) is 2.78. The van der Waals surface area contributed by atoms with Crippen LogP contribution in [0.5, 0.6) is 0 Å². The molecule has 0 saturated heterocycles. The standard InChI is InChI=1S/C14H13ClF3N3O3/c1-21-12(20)10(11(19)14(16,17)18)13(23)24-6-9(22)7-4-2-3-5-8(7)15/h2-5,19,21H,6,20H2,1H3/b12-10+,19-11?. The fourth-order valence-electron chi connectivity index (χ4n) is 1.58. The zero-order chi connectivity index (χ0) is 18.5. The molecule has 1 aromatic carbocycles. The predicted octanol–water partition coefficient (Wildman–Crippen LogP) is 2.04. The van der Waals surface area contributed by atoms with Crippen LogP contribution >= 0.6 is 11.6 Å². The SMILES string of the molecule is CN/C(N)=C(\C(=N)C(F)(F)F)C(=O)OCC(=O)c1ccccc1Cl. The van der Waals surface area contributed by atoms with Gasteiger partial charge in [-0.3, -0.25) is 10.2 Å². The van der Waals surface area contributed by atoms with Crippen LogP contribution in [0, 0.1) is 5.41 Å². The zero-order valence-electron chi connectivity index (χ0n) is 12.3. The van der Waals surface area contributed by atoms with Gasteiger partial charge in [0.2, 0.25) is 5.78 Å². The number of carbonyl (C=O) groups excluding carboxylic acids is 2. The van der Waals surface area contributed by atoms with Crippen molar-refractivity contribution in [3.05, 3.63) is 46.2 Å². The lowest BCUT2D eigenvalue weighted by Gasteiger charge is -2.14. The predicted molar refractivity (Wildman–Crippen MR) is 80.8 cm³/mol. The first-order valence-corrected chi connectivity index (χ1v) is 6.75. The number of nitrogens with one attached hydrogen (secondary N) is 2. The van der Waals surface area contributed by atoms with Crippen molar-refractivity contribution in [1.82, 2.24) is 5.32 Å². The summed E-state index contributed by atoms with van der Waals surface area (Å²) in [6.45, 7) is -0.853. The Hall–Kier alpha value is -2.55. The van der Waals surface area contributed by atoms with Gasteiger partial charge < -0.3 is 15.8 Å². The molecular formula is C14H13ClF3N3O3. The van der Waals surface area contributed by atoms with Crippen molar-refractivity contribution in [2.75, 3.05) is 13.7 Å². The number of hydrogen-bond acceptors (Lipinski definition) is 6. The van der Waals surface area contributed by atoms with Gasteiger partial charge in [-0.05, 0) is 12.1 Å². The topological polar surface area (TPSA) is 105 Å². The molecule has 1 rings (SSSR count). The van der Waals surface area contributed by atoms with Gasteiger partial charge in [0.25, 0.3) is 0 Å².